The number of benzene rings is 6. The van der Waals surface area contributed by atoms with Crippen molar-refractivity contribution < 1.29 is 0 Å². The molecule has 1 aliphatic carbocycles. The van der Waals surface area contributed by atoms with E-state index in [9.17, 15) is 0 Å². The predicted octanol–water partition coefficient (Wildman–Crippen LogP) is 8.88. The minimum atomic E-state index is 0.141. The van der Waals surface area contributed by atoms with Crippen molar-refractivity contribution in [2.45, 2.75) is 12.5 Å². The van der Waals surface area contributed by atoms with Crippen LogP contribution in [0.4, 0.5) is 0 Å². The van der Waals surface area contributed by atoms with E-state index in [1.54, 1.807) is 0 Å². The standard InChI is InChI=1S/C42H26BN3/c1-5-19-34-26(11-1)27-12-2-6-20-35(27)44(34)25-23-38-40-39(24-25)46-37-22-8-4-14-29(37)31-16-10-18-33(42(31)46)43(40)32-17-9-15-30-28-13-3-7-21-36(28)45(38)41(30)32/h1-23,25H,24H2. The van der Waals surface area contributed by atoms with Crippen LogP contribution in [0.2, 0.25) is 0 Å². The van der Waals surface area contributed by atoms with Gasteiger partial charge in [-0.3, -0.25) is 0 Å². The van der Waals surface area contributed by atoms with Gasteiger partial charge in [0, 0.05) is 72.2 Å². The van der Waals surface area contributed by atoms with E-state index < -0.39 is 0 Å². The van der Waals surface area contributed by atoms with E-state index in [0.29, 0.717) is 0 Å². The Kier molecular flexibility index (Phi) is 4.16. The van der Waals surface area contributed by atoms with Crippen molar-refractivity contribution in [3.8, 4) is 0 Å². The Morgan fingerprint density at radius 1 is 0.457 bits per heavy atom. The van der Waals surface area contributed by atoms with E-state index in [1.807, 2.05) is 0 Å². The third-order valence-electron chi connectivity index (χ3n) is 11.2. The molecule has 3 aromatic heterocycles. The number of hydrogen-bond acceptors (Lipinski definition) is 0. The highest BCUT2D eigenvalue weighted by molar-refractivity contribution is 6.97. The van der Waals surface area contributed by atoms with Crippen molar-refractivity contribution in [1.82, 2.24) is 13.7 Å². The average molecular weight is 584 g/mol. The molecule has 9 aromatic rings. The Morgan fingerprint density at radius 2 is 0.913 bits per heavy atom. The van der Waals surface area contributed by atoms with Crippen LogP contribution in [-0.2, 0) is 0 Å². The minimum Gasteiger partial charge on any atom is -0.333 e. The summed E-state index contributed by atoms with van der Waals surface area (Å²) >= 11 is 0. The molecule has 1 unspecified atom stereocenters. The smallest absolute Gasteiger partial charge is 0.251 e. The van der Waals surface area contributed by atoms with Gasteiger partial charge < -0.3 is 13.7 Å². The number of allylic oxidation sites excluding steroid dienone is 4. The van der Waals surface area contributed by atoms with E-state index in [0.717, 1.165) is 6.42 Å². The van der Waals surface area contributed by atoms with Crippen LogP contribution >= 0.6 is 0 Å². The van der Waals surface area contributed by atoms with Crippen LogP contribution in [0.15, 0.2) is 145 Å². The zero-order valence-corrected chi connectivity index (χ0v) is 25.0. The van der Waals surface area contributed by atoms with Crippen molar-refractivity contribution in [3.63, 3.8) is 0 Å². The fraction of sp³-hybridized carbons (Fsp3) is 0.0476. The lowest BCUT2D eigenvalue weighted by Gasteiger charge is -2.40. The number of fused-ring (bicyclic) bond motifs is 13. The summed E-state index contributed by atoms with van der Waals surface area (Å²) in [7, 11) is 0. The molecular formula is C42H26BN3. The number of aromatic nitrogens is 3. The second kappa shape index (κ2) is 8.10. The molecule has 3 nitrogen and oxygen atoms in total. The Morgan fingerprint density at radius 3 is 1.50 bits per heavy atom. The maximum atomic E-state index is 2.64. The molecular weight excluding hydrogens is 557 g/mol. The van der Waals surface area contributed by atoms with Crippen LogP contribution in [0.1, 0.15) is 12.5 Å². The van der Waals surface area contributed by atoms with Crippen LogP contribution in [0, 0.1) is 0 Å². The second-order valence-corrected chi connectivity index (χ2v) is 13.2. The Hall–Kier alpha value is -5.74. The topological polar surface area (TPSA) is 14.8 Å². The molecule has 12 rings (SSSR count). The fourth-order valence-electron chi connectivity index (χ4n) is 9.55. The zero-order chi connectivity index (χ0) is 29.7. The highest BCUT2D eigenvalue weighted by atomic mass is 15.1. The maximum Gasteiger partial charge on any atom is 0.251 e. The highest BCUT2D eigenvalue weighted by Gasteiger charge is 2.44. The quantitative estimate of drug-likeness (QED) is 0.172. The first-order chi connectivity index (χ1) is 22.9. The van der Waals surface area contributed by atoms with Gasteiger partial charge in [0.2, 0.25) is 0 Å². The van der Waals surface area contributed by atoms with Crippen LogP contribution in [0.5, 0.6) is 0 Å². The summed E-state index contributed by atoms with van der Waals surface area (Å²) in [5, 5.41) is 7.98. The fourth-order valence-corrected chi connectivity index (χ4v) is 9.55. The van der Waals surface area contributed by atoms with Gasteiger partial charge in [-0.25, -0.2) is 0 Å². The molecule has 0 bridgehead atoms. The van der Waals surface area contributed by atoms with Crippen LogP contribution in [-0.4, -0.2) is 20.4 Å². The molecule has 5 heterocycles. The number of nitrogens with zero attached hydrogens (tertiary/aromatic N) is 3. The van der Waals surface area contributed by atoms with Gasteiger partial charge in [-0.2, -0.15) is 0 Å². The normalized spacial score (nSPS) is 16.8. The number of hydrogen-bond donors (Lipinski definition) is 0. The largest absolute Gasteiger partial charge is 0.333 e. The van der Waals surface area contributed by atoms with E-state index in [1.165, 1.54) is 93.2 Å². The van der Waals surface area contributed by atoms with Crippen molar-refractivity contribution in [2.24, 2.45) is 0 Å². The maximum absolute atomic E-state index is 2.64. The van der Waals surface area contributed by atoms with Gasteiger partial charge in [0.05, 0.1) is 17.1 Å². The zero-order valence-electron chi connectivity index (χ0n) is 25.0. The van der Waals surface area contributed by atoms with E-state index in [-0.39, 0.29) is 12.8 Å². The summed E-state index contributed by atoms with van der Waals surface area (Å²) in [6, 6.07) is 50.0. The van der Waals surface area contributed by atoms with Gasteiger partial charge in [-0.1, -0.05) is 109 Å². The molecule has 46 heavy (non-hydrogen) atoms. The van der Waals surface area contributed by atoms with E-state index in [2.05, 4.69) is 153 Å². The molecule has 212 valence electrons. The van der Waals surface area contributed by atoms with Crippen LogP contribution in [0.3, 0.4) is 0 Å². The van der Waals surface area contributed by atoms with Crippen molar-refractivity contribution in [3.05, 3.63) is 145 Å². The number of para-hydroxylation sites is 6. The Bertz CT molecular complexity index is 2860. The third kappa shape index (κ3) is 2.63. The lowest BCUT2D eigenvalue weighted by Crippen LogP contribution is -2.52. The van der Waals surface area contributed by atoms with Crippen LogP contribution < -0.4 is 10.9 Å². The third-order valence-corrected chi connectivity index (χ3v) is 11.2. The molecule has 0 spiro atoms. The first-order valence-corrected chi connectivity index (χ1v) is 16.3. The molecule has 3 aliphatic rings. The van der Waals surface area contributed by atoms with Crippen molar-refractivity contribution >= 4 is 94.4 Å². The van der Waals surface area contributed by atoms with Crippen molar-refractivity contribution in [2.75, 3.05) is 0 Å². The molecule has 4 heteroatoms. The summed E-state index contributed by atoms with van der Waals surface area (Å²) < 4.78 is 7.85. The molecule has 6 aromatic carbocycles. The van der Waals surface area contributed by atoms with E-state index >= 15 is 0 Å². The van der Waals surface area contributed by atoms with Gasteiger partial charge in [0.1, 0.15) is 0 Å². The predicted molar refractivity (Wildman–Crippen MR) is 194 cm³/mol. The first-order valence-electron chi connectivity index (χ1n) is 16.3. The molecule has 1 atom stereocenters. The van der Waals surface area contributed by atoms with Gasteiger partial charge in [-0.05, 0) is 46.7 Å². The average Bonchev–Trinajstić information content (AvgIpc) is 3.76. The first kappa shape index (κ1) is 23.6. The van der Waals surface area contributed by atoms with E-state index in [4.69, 9.17) is 0 Å². The second-order valence-electron chi connectivity index (χ2n) is 13.2. The molecule has 0 fully saturated rings. The van der Waals surface area contributed by atoms with Gasteiger partial charge in [0.15, 0.2) is 0 Å². The molecule has 2 aliphatic heterocycles. The summed E-state index contributed by atoms with van der Waals surface area (Å²) in [4.78, 5) is 0. The van der Waals surface area contributed by atoms with Gasteiger partial charge in [-0.15, -0.1) is 0 Å². The van der Waals surface area contributed by atoms with Crippen molar-refractivity contribution in [1.29, 1.82) is 0 Å². The van der Waals surface area contributed by atoms with Gasteiger partial charge in [0.25, 0.3) is 6.71 Å². The molecule has 0 saturated carbocycles. The SMILES string of the molecule is C1=C2C3=C(CC1n1c4ccccc4c4ccccc41)n1c4ccccc4c4cccc(c41)B3c1cccc3c4ccccc4n2c13. The lowest BCUT2D eigenvalue weighted by molar-refractivity contribution is 0.643. The molecule has 0 saturated heterocycles. The molecule has 0 radical (unpaired) electrons. The molecule has 0 amide bonds. The van der Waals surface area contributed by atoms with Crippen LogP contribution in [0.25, 0.3) is 76.8 Å². The highest BCUT2D eigenvalue weighted by Crippen LogP contribution is 2.49. The summed E-state index contributed by atoms with van der Waals surface area (Å²) in [6.45, 7) is 0.182. The molecule has 0 N–H and O–H groups in total. The Balaban J connectivity index is 1.28. The Labute approximate surface area is 265 Å². The summed E-state index contributed by atoms with van der Waals surface area (Å²) in [5.41, 5.74) is 15.0. The summed E-state index contributed by atoms with van der Waals surface area (Å²) in [6.07, 6.45) is 3.52. The summed E-state index contributed by atoms with van der Waals surface area (Å²) in [5.74, 6) is 0. The minimum absolute atomic E-state index is 0.141. The number of rotatable bonds is 1. The monoisotopic (exact) mass is 583 g/mol. The lowest BCUT2D eigenvalue weighted by atomic mass is 9.33. The van der Waals surface area contributed by atoms with Gasteiger partial charge >= 0.3 is 0 Å².